The molecule has 1 aliphatic carbocycles. The molecule has 0 bridgehead atoms. The summed E-state index contributed by atoms with van der Waals surface area (Å²) in [6, 6.07) is 5.18. The molecule has 3 fully saturated rings. The number of hydrogen-bond acceptors (Lipinski definition) is 5. The molecule has 7 nitrogen and oxygen atoms in total. The molecule has 0 aromatic heterocycles. The smallest absolute Gasteiger partial charge is 0.331 e. The second-order valence-corrected chi connectivity index (χ2v) is 7.93. The Hall–Kier alpha value is -2.67. The Morgan fingerprint density at radius 1 is 1.07 bits per heavy atom. The van der Waals surface area contributed by atoms with Gasteiger partial charge in [0.25, 0.3) is 11.8 Å². The van der Waals surface area contributed by atoms with E-state index >= 15 is 0 Å². The lowest BCUT2D eigenvalue weighted by Gasteiger charge is -2.35. The zero-order valence-electron chi connectivity index (χ0n) is 16.8. The molecule has 0 unspecified atom stereocenters. The fourth-order valence-electron chi connectivity index (χ4n) is 4.44. The molecule has 1 saturated carbocycles. The number of aryl methyl sites for hydroxylation is 1. The van der Waals surface area contributed by atoms with Gasteiger partial charge in [0.15, 0.2) is 0 Å². The summed E-state index contributed by atoms with van der Waals surface area (Å²) in [5, 5.41) is 2.34. The molecule has 4 amide bonds. The van der Waals surface area contributed by atoms with E-state index in [0.29, 0.717) is 13.2 Å². The van der Waals surface area contributed by atoms with Crippen LogP contribution >= 0.6 is 0 Å². The highest BCUT2D eigenvalue weighted by Crippen LogP contribution is 2.27. The molecule has 29 heavy (non-hydrogen) atoms. The van der Waals surface area contributed by atoms with Crippen LogP contribution in [0.5, 0.6) is 0 Å². The normalized spacial score (nSPS) is 22.9. The van der Waals surface area contributed by atoms with Crippen molar-refractivity contribution in [2.45, 2.75) is 45.1 Å². The molecule has 1 N–H and O–H groups in total. The van der Waals surface area contributed by atoms with Crippen molar-refractivity contribution >= 4 is 29.6 Å². The Bertz CT molecular complexity index is 852. The van der Waals surface area contributed by atoms with Gasteiger partial charge < -0.3 is 9.64 Å². The van der Waals surface area contributed by atoms with E-state index in [9.17, 15) is 14.4 Å². The number of nitrogens with zero attached hydrogens (tertiary/aromatic N) is 2. The summed E-state index contributed by atoms with van der Waals surface area (Å²) < 4.78 is 5.41. The number of anilines is 1. The van der Waals surface area contributed by atoms with Crippen LogP contribution in [0.1, 0.15) is 43.2 Å². The van der Waals surface area contributed by atoms with Crippen LogP contribution < -0.4 is 10.2 Å². The maximum atomic E-state index is 13.0. The van der Waals surface area contributed by atoms with Gasteiger partial charge in [0.2, 0.25) is 0 Å². The number of benzene rings is 1. The molecule has 1 aromatic carbocycles. The summed E-state index contributed by atoms with van der Waals surface area (Å²) in [7, 11) is 0. The molecule has 0 radical (unpaired) electrons. The number of urea groups is 1. The van der Waals surface area contributed by atoms with Crippen LogP contribution in [-0.4, -0.2) is 55.1 Å². The summed E-state index contributed by atoms with van der Waals surface area (Å²) >= 11 is 0. The number of hydrogen-bond donors (Lipinski definition) is 1. The van der Waals surface area contributed by atoms with Gasteiger partial charge in [-0.25, -0.2) is 4.79 Å². The zero-order chi connectivity index (χ0) is 20.4. The Kier molecular flexibility index (Phi) is 5.67. The van der Waals surface area contributed by atoms with Crippen LogP contribution in [-0.2, 0) is 14.3 Å². The fourth-order valence-corrected chi connectivity index (χ4v) is 4.44. The van der Waals surface area contributed by atoms with Crippen molar-refractivity contribution in [3.63, 3.8) is 0 Å². The van der Waals surface area contributed by atoms with Crippen LogP contribution in [0.3, 0.4) is 0 Å². The highest BCUT2D eigenvalue weighted by Gasteiger charge is 2.40. The predicted molar refractivity (Wildman–Crippen MR) is 109 cm³/mol. The first-order valence-corrected chi connectivity index (χ1v) is 10.4. The number of ether oxygens (including phenoxy) is 1. The summed E-state index contributed by atoms with van der Waals surface area (Å²) in [5.41, 5.74) is 3.00. The van der Waals surface area contributed by atoms with Crippen molar-refractivity contribution in [2.24, 2.45) is 0 Å². The molecule has 154 valence electrons. The van der Waals surface area contributed by atoms with E-state index in [1.54, 1.807) is 6.08 Å². The van der Waals surface area contributed by atoms with Crippen LogP contribution in [0.25, 0.3) is 6.08 Å². The predicted octanol–water partition coefficient (Wildman–Crippen LogP) is 2.63. The minimum atomic E-state index is -0.623. The Morgan fingerprint density at radius 2 is 1.79 bits per heavy atom. The molecule has 2 heterocycles. The summed E-state index contributed by atoms with van der Waals surface area (Å²) in [5.74, 6) is -1.11. The van der Waals surface area contributed by atoms with Crippen LogP contribution in [0.15, 0.2) is 23.8 Å². The maximum absolute atomic E-state index is 13.0. The number of carbonyl (C=O) groups is 3. The molecular weight excluding hydrogens is 370 g/mol. The Balaban J connectivity index is 1.58. The van der Waals surface area contributed by atoms with E-state index < -0.39 is 17.8 Å². The van der Waals surface area contributed by atoms with Gasteiger partial charge in [-0.05, 0) is 49.1 Å². The topological polar surface area (TPSA) is 79.0 Å². The van der Waals surface area contributed by atoms with Crippen molar-refractivity contribution < 1.29 is 19.1 Å². The first-order valence-electron chi connectivity index (χ1n) is 10.4. The van der Waals surface area contributed by atoms with Gasteiger partial charge >= 0.3 is 6.03 Å². The summed E-state index contributed by atoms with van der Waals surface area (Å²) in [6.07, 6.45) is 6.31. The largest absolute Gasteiger partial charge is 0.378 e. The second kappa shape index (κ2) is 8.37. The number of morpholine rings is 1. The van der Waals surface area contributed by atoms with E-state index in [0.717, 1.165) is 62.0 Å². The number of carbonyl (C=O) groups excluding carboxylic acids is 3. The number of amides is 4. The van der Waals surface area contributed by atoms with Gasteiger partial charge in [-0.15, -0.1) is 0 Å². The van der Waals surface area contributed by atoms with Crippen LogP contribution in [0.2, 0.25) is 0 Å². The molecule has 0 spiro atoms. The van der Waals surface area contributed by atoms with E-state index in [2.05, 4.69) is 10.2 Å². The van der Waals surface area contributed by atoms with Gasteiger partial charge in [-0.1, -0.05) is 25.3 Å². The number of barbiturate groups is 1. The van der Waals surface area contributed by atoms with Gasteiger partial charge in [-0.3, -0.25) is 19.8 Å². The minimum Gasteiger partial charge on any atom is -0.378 e. The number of rotatable bonds is 3. The molecule has 4 rings (SSSR count). The highest BCUT2D eigenvalue weighted by molar-refractivity contribution is 6.31. The maximum Gasteiger partial charge on any atom is 0.331 e. The third-order valence-electron chi connectivity index (χ3n) is 5.96. The molecule has 3 aliphatic rings. The molecule has 2 aliphatic heterocycles. The van der Waals surface area contributed by atoms with Gasteiger partial charge in [0, 0.05) is 24.8 Å². The van der Waals surface area contributed by atoms with Crippen LogP contribution in [0, 0.1) is 6.92 Å². The van der Waals surface area contributed by atoms with E-state index in [1.165, 1.54) is 4.90 Å². The van der Waals surface area contributed by atoms with Crippen molar-refractivity contribution in [1.29, 1.82) is 0 Å². The summed E-state index contributed by atoms with van der Waals surface area (Å²) in [6.45, 7) is 5.14. The first kappa shape index (κ1) is 19.6. The van der Waals surface area contributed by atoms with Crippen molar-refractivity contribution in [3.05, 3.63) is 34.9 Å². The minimum absolute atomic E-state index is 0.0219. The van der Waals surface area contributed by atoms with E-state index in [4.69, 9.17) is 4.74 Å². The fraction of sp³-hybridized carbons (Fsp3) is 0.500. The van der Waals surface area contributed by atoms with E-state index in [1.807, 2.05) is 25.1 Å². The lowest BCUT2D eigenvalue weighted by Crippen LogP contribution is -2.58. The highest BCUT2D eigenvalue weighted by atomic mass is 16.5. The summed E-state index contributed by atoms with van der Waals surface area (Å²) in [4.78, 5) is 41.2. The lowest BCUT2D eigenvalue weighted by atomic mass is 9.93. The molecule has 1 aromatic rings. The van der Waals surface area contributed by atoms with Crippen molar-refractivity contribution in [3.8, 4) is 0 Å². The third kappa shape index (κ3) is 4.05. The standard InChI is InChI=1S/C22H27N3O4/c1-15-13-16(7-8-19(15)24-9-11-29-12-10-24)14-18-20(26)23-22(28)25(21(18)27)17-5-3-2-4-6-17/h7-8,13-14,17H,2-6,9-12H2,1H3,(H,23,26,28). The van der Waals surface area contributed by atoms with Crippen LogP contribution in [0.4, 0.5) is 10.5 Å². The number of nitrogens with one attached hydrogen (secondary N) is 1. The van der Waals surface area contributed by atoms with Crippen molar-refractivity contribution in [1.82, 2.24) is 10.2 Å². The van der Waals surface area contributed by atoms with E-state index in [-0.39, 0.29) is 11.6 Å². The lowest BCUT2D eigenvalue weighted by molar-refractivity contribution is -0.132. The van der Waals surface area contributed by atoms with Crippen molar-refractivity contribution in [2.75, 3.05) is 31.2 Å². The average molecular weight is 397 g/mol. The third-order valence-corrected chi connectivity index (χ3v) is 5.96. The average Bonchev–Trinajstić information content (AvgIpc) is 2.72. The molecule has 2 saturated heterocycles. The molecular formula is C22H27N3O4. The quantitative estimate of drug-likeness (QED) is 0.627. The number of imide groups is 2. The van der Waals surface area contributed by atoms with Gasteiger partial charge in [0.05, 0.1) is 13.2 Å². The Labute approximate surface area is 170 Å². The molecule has 7 heteroatoms. The first-order chi connectivity index (χ1) is 14.0. The monoisotopic (exact) mass is 397 g/mol. The second-order valence-electron chi connectivity index (χ2n) is 7.93. The SMILES string of the molecule is Cc1cc(C=C2C(=O)NC(=O)N(C3CCCCC3)C2=O)ccc1N1CCOCC1. The zero-order valence-corrected chi connectivity index (χ0v) is 16.8. The molecule has 0 atom stereocenters. The van der Waals surface area contributed by atoms with Gasteiger partial charge in [-0.2, -0.15) is 0 Å². The van der Waals surface area contributed by atoms with Gasteiger partial charge in [0.1, 0.15) is 5.57 Å². The Morgan fingerprint density at radius 3 is 2.48 bits per heavy atom.